The van der Waals surface area contributed by atoms with E-state index in [9.17, 15) is 9.59 Å². The van der Waals surface area contributed by atoms with Crippen molar-refractivity contribution in [2.45, 2.75) is 12.6 Å². The van der Waals surface area contributed by atoms with Crippen molar-refractivity contribution in [2.75, 3.05) is 20.6 Å². The van der Waals surface area contributed by atoms with Crippen LogP contribution in [0.2, 0.25) is 5.02 Å². The van der Waals surface area contributed by atoms with Crippen molar-refractivity contribution in [3.63, 3.8) is 0 Å². The van der Waals surface area contributed by atoms with Gasteiger partial charge in [-0.25, -0.2) is 0 Å². The van der Waals surface area contributed by atoms with Crippen molar-refractivity contribution >= 4 is 34.8 Å². The van der Waals surface area contributed by atoms with Gasteiger partial charge in [-0.2, -0.15) is 11.3 Å². The van der Waals surface area contributed by atoms with Crippen molar-refractivity contribution in [1.29, 1.82) is 0 Å². The first-order valence-corrected chi connectivity index (χ1v) is 8.79. The molecule has 2 N–H and O–H groups in total. The van der Waals surface area contributed by atoms with Crippen LogP contribution in [0.15, 0.2) is 41.1 Å². The summed E-state index contributed by atoms with van der Waals surface area (Å²) in [6.45, 7) is 0.638. The van der Waals surface area contributed by atoms with E-state index in [1.807, 2.05) is 60.1 Å². The molecule has 0 fully saturated rings. The molecule has 1 aromatic heterocycles. The van der Waals surface area contributed by atoms with E-state index in [4.69, 9.17) is 11.6 Å². The quantitative estimate of drug-likeness (QED) is 0.773. The summed E-state index contributed by atoms with van der Waals surface area (Å²) >= 11 is 7.78. The lowest BCUT2D eigenvalue weighted by molar-refractivity contribution is -0.139. The van der Waals surface area contributed by atoms with Crippen LogP contribution in [0.5, 0.6) is 0 Å². The lowest BCUT2D eigenvalue weighted by atomic mass is 10.1. The van der Waals surface area contributed by atoms with Gasteiger partial charge in [0.15, 0.2) is 0 Å². The number of rotatable bonds is 6. The van der Waals surface area contributed by atoms with Crippen molar-refractivity contribution in [2.24, 2.45) is 0 Å². The Hall–Kier alpha value is -1.89. The van der Waals surface area contributed by atoms with E-state index in [1.165, 1.54) is 0 Å². The van der Waals surface area contributed by atoms with Gasteiger partial charge in [-0.05, 0) is 48.1 Å². The summed E-state index contributed by atoms with van der Waals surface area (Å²) in [5.41, 5.74) is 1.88. The number of likely N-dealkylation sites (N-methyl/N-ethyl adjacent to an activating group) is 1. The molecule has 0 aliphatic heterocycles. The molecule has 2 rings (SSSR count). The fraction of sp³-hybridized carbons (Fsp3) is 0.294. The Morgan fingerprint density at radius 3 is 2.50 bits per heavy atom. The molecular formula is C17H20ClN3O2S. The summed E-state index contributed by atoms with van der Waals surface area (Å²) < 4.78 is 0. The van der Waals surface area contributed by atoms with E-state index in [1.54, 1.807) is 11.3 Å². The molecule has 0 aliphatic carbocycles. The molecule has 0 bridgehead atoms. The van der Waals surface area contributed by atoms with Gasteiger partial charge in [0, 0.05) is 18.1 Å². The second-order valence-electron chi connectivity index (χ2n) is 5.53. The highest BCUT2D eigenvalue weighted by atomic mass is 35.5. The van der Waals surface area contributed by atoms with Gasteiger partial charge < -0.3 is 15.5 Å². The molecule has 1 unspecified atom stereocenters. The number of hydrogen-bond acceptors (Lipinski definition) is 4. The minimum Gasteiger partial charge on any atom is -0.346 e. The zero-order valence-corrected chi connectivity index (χ0v) is 15.2. The third-order valence-corrected chi connectivity index (χ3v) is 4.66. The number of nitrogens with one attached hydrogen (secondary N) is 2. The molecule has 1 aromatic carbocycles. The van der Waals surface area contributed by atoms with E-state index in [-0.39, 0.29) is 6.04 Å². The molecule has 0 aliphatic rings. The van der Waals surface area contributed by atoms with Crippen molar-refractivity contribution in [3.8, 4) is 0 Å². The highest BCUT2D eigenvalue weighted by Gasteiger charge is 2.20. The molecular weight excluding hydrogens is 346 g/mol. The topological polar surface area (TPSA) is 61.4 Å². The average Bonchev–Trinajstić information content (AvgIpc) is 3.07. The Kier molecular flexibility index (Phi) is 6.78. The number of halogens is 1. The van der Waals surface area contributed by atoms with Crippen LogP contribution < -0.4 is 10.6 Å². The molecule has 0 saturated heterocycles. The molecule has 5 nitrogen and oxygen atoms in total. The molecule has 7 heteroatoms. The lowest BCUT2D eigenvalue weighted by Crippen LogP contribution is -2.42. The van der Waals surface area contributed by atoms with Crippen LogP contribution in [0.25, 0.3) is 0 Å². The van der Waals surface area contributed by atoms with E-state index in [0.717, 1.165) is 11.1 Å². The summed E-state index contributed by atoms with van der Waals surface area (Å²) in [6.07, 6.45) is 0. The Balaban J connectivity index is 1.90. The summed E-state index contributed by atoms with van der Waals surface area (Å²) in [6, 6.07) is 9.26. The van der Waals surface area contributed by atoms with Gasteiger partial charge in [-0.15, -0.1) is 0 Å². The van der Waals surface area contributed by atoms with Crippen LogP contribution in [0.4, 0.5) is 0 Å². The zero-order valence-electron chi connectivity index (χ0n) is 13.6. The van der Waals surface area contributed by atoms with Gasteiger partial charge in [0.05, 0.1) is 6.04 Å². The Labute approximate surface area is 150 Å². The molecule has 0 saturated carbocycles. The maximum atomic E-state index is 12.0. The fourth-order valence-corrected chi connectivity index (χ4v) is 3.17. The molecule has 1 heterocycles. The third kappa shape index (κ3) is 5.06. The summed E-state index contributed by atoms with van der Waals surface area (Å²) in [5, 5.41) is 9.76. The summed E-state index contributed by atoms with van der Waals surface area (Å²) in [4.78, 5) is 25.8. The molecule has 2 amide bonds. The van der Waals surface area contributed by atoms with Crippen LogP contribution in [0.1, 0.15) is 17.2 Å². The maximum absolute atomic E-state index is 12.0. The predicted octanol–water partition coefficient (Wildman–Crippen LogP) is 2.44. The second kappa shape index (κ2) is 8.82. The highest BCUT2D eigenvalue weighted by Crippen LogP contribution is 2.25. The Bertz CT molecular complexity index is 689. The number of benzene rings is 1. The average molecular weight is 366 g/mol. The number of carbonyl (C=O) groups is 2. The van der Waals surface area contributed by atoms with Gasteiger partial charge in [0.2, 0.25) is 0 Å². The molecule has 0 spiro atoms. The van der Waals surface area contributed by atoms with E-state index >= 15 is 0 Å². The smallest absolute Gasteiger partial charge is 0.309 e. The van der Waals surface area contributed by atoms with E-state index < -0.39 is 11.8 Å². The highest BCUT2D eigenvalue weighted by molar-refractivity contribution is 7.07. The first kappa shape index (κ1) is 18.4. The normalized spacial score (nSPS) is 12.0. The minimum atomic E-state index is -0.649. The molecule has 128 valence electrons. The number of hydrogen-bond donors (Lipinski definition) is 2. The summed E-state index contributed by atoms with van der Waals surface area (Å²) in [5.74, 6) is -1.29. The van der Waals surface area contributed by atoms with Crippen LogP contribution in [-0.2, 0) is 16.1 Å². The fourth-order valence-electron chi connectivity index (χ4n) is 2.24. The van der Waals surface area contributed by atoms with Crippen LogP contribution in [-0.4, -0.2) is 37.4 Å². The van der Waals surface area contributed by atoms with E-state index in [2.05, 4.69) is 10.6 Å². The zero-order chi connectivity index (χ0) is 17.5. The van der Waals surface area contributed by atoms with E-state index in [0.29, 0.717) is 18.1 Å². The van der Waals surface area contributed by atoms with Crippen LogP contribution >= 0.6 is 22.9 Å². The molecule has 0 radical (unpaired) electrons. The SMILES string of the molecule is CN(C)C(CNC(=O)C(=O)NCc1ccsc1)c1ccccc1Cl. The van der Waals surface area contributed by atoms with Crippen LogP contribution in [0.3, 0.4) is 0 Å². The van der Waals surface area contributed by atoms with Gasteiger partial charge >= 0.3 is 11.8 Å². The standard InChI is InChI=1S/C17H20ClN3O2S/c1-21(2)15(13-5-3-4-6-14(13)18)10-20-17(23)16(22)19-9-12-7-8-24-11-12/h3-8,11,15H,9-10H2,1-2H3,(H,19,22)(H,20,23). The lowest BCUT2D eigenvalue weighted by Gasteiger charge is -2.25. The van der Waals surface area contributed by atoms with Gasteiger partial charge in [-0.3, -0.25) is 9.59 Å². The van der Waals surface area contributed by atoms with Crippen molar-refractivity contribution < 1.29 is 9.59 Å². The Morgan fingerprint density at radius 2 is 1.88 bits per heavy atom. The number of carbonyl (C=O) groups excluding carboxylic acids is 2. The monoisotopic (exact) mass is 365 g/mol. The van der Waals surface area contributed by atoms with Crippen molar-refractivity contribution in [3.05, 3.63) is 57.2 Å². The first-order chi connectivity index (χ1) is 11.5. The minimum absolute atomic E-state index is 0.118. The molecule has 24 heavy (non-hydrogen) atoms. The number of amides is 2. The number of thiophene rings is 1. The predicted molar refractivity (Wildman–Crippen MR) is 97.1 cm³/mol. The number of nitrogens with zero attached hydrogens (tertiary/aromatic N) is 1. The van der Waals surface area contributed by atoms with Crippen LogP contribution in [0, 0.1) is 0 Å². The Morgan fingerprint density at radius 1 is 1.17 bits per heavy atom. The van der Waals surface area contributed by atoms with Crippen molar-refractivity contribution in [1.82, 2.24) is 15.5 Å². The second-order valence-corrected chi connectivity index (χ2v) is 6.71. The largest absolute Gasteiger partial charge is 0.346 e. The van der Waals surface area contributed by atoms with Gasteiger partial charge in [0.25, 0.3) is 0 Å². The molecule has 2 aromatic rings. The van der Waals surface area contributed by atoms with Gasteiger partial charge in [-0.1, -0.05) is 29.8 Å². The maximum Gasteiger partial charge on any atom is 0.309 e. The summed E-state index contributed by atoms with van der Waals surface area (Å²) in [7, 11) is 3.80. The first-order valence-electron chi connectivity index (χ1n) is 7.47. The van der Waals surface area contributed by atoms with Gasteiger partial charge in [0.1, 0.15) is 0 Å². The molecule has 1 atom stereocenters. The third-order valence-electron chi connectivity index (χ3n) is 3.58.